The van der Waals surface area contributed by atoms with Gasteiger partial charge in [0.05, 0.1) is 14.2 Å². The molecule has 0 aliphatic carbocycles. The van der Waals surface area contributed by atoms with Crippen molar-refractivity contribution in [3.63, 3.8) is 0 Å². The Labute approximate surface area is 123 Å². The van der Waals surface area contributed by atoms with Crippen molar-refractivity contribution in [2.75, 3.05) is 14.2 Å². The summed E-state index contributed by atoms with van der Waals surface area (Å²) in [7, 11) is 3.35. The highest BCUT2D eigenvalue weighted by molar-refractivity contribution is 5.43. The fraction of sp³-hybridized carbons (Fsp3) is 0.647. The number of nitrogens with one attached hydrogen (secondary N) is 1. The van der Waals surface area contributed by atoms with Crippen molar-refractivity contribution in [3.8, 4) is 11.5 Å². The molecule has 0 fully saturated rings. The molecule has 0 aromatic heterocycles. The smallest absolute Gasteiger partial charge is 0.161 e. The average molecular weight is 279 g/mol. The van der Waals surface area contributed by atoms with Gasteiger partial charge in [0.1, 0.15) is 0 Å². The van der Waals surface area contributed by atoms with Gasteiger partial charge in [-0.3, -0.25) is 0 Å². The fourth-order valence-corrected chi connectivity index (χ4v) is 2.46. The van der Waals surface area contributed by atoms with Crippen LogP contribution in [0.2, 0.25) is 0 Å². The first-order valence-electron chi connectivity index (χ1n) is 7.64. The Morgan fingerprint density at radius 3 is 2.35 bits per heavy atom. The van der Waals surface area contributed by atoms with E-state index in [0.717, 1.165) is 17.9 Å². The molecule has 3 nitrogen and oxygen atoms in total. The lowest BCUT2D eigenvalue weighted by Crippen LogP contribution is -2.30. The lowest BCUT2D eigenvalue weighted by Gasteiger charge is -2.23. The molecule has 1 rings (SSSR count). The number of rotatable bonds is 9. The molecule has 20 heavy (non-hydrogen) atoms. The molecule has 1 aromatic carbocycles. The standard InChI is InChI=1S/C17H29NO2/c1-6-8-9-13(3)18-15(7-2)14-10-11-16(19-4)17(12-14)20-5/h10-13,15,18H,6-9H2,1-5H3. The van der Waals surface area contributed by atoms with Crippen molar-refractivity contribution < 1.29 is 9.47 Å². The van der Waals surface area contributed by atoms with Crippen LogP contribution in [-0.2, 0) is 0 Å². The first-order valence-corrected chi connectivity index (χ1v) is 7.64. The summed E-state index contributed by atoms with van der Waals surface area (Å²) in [5.41, 5.74) is 1.26. The molecule has 2 atom stereocenters. The van der Waals surface area contributed by atoms with Crippen LogP contribution in [0.4, 0.5) is 0 Å². The molecule has 0 amide bonds. The fourth-order valence-electron chi connectivity index (χ4n) is 2.46. The van der Waals surface area contributed by atoms with E-state index in [4.69, 9.17) is 9.47 Å². The maximum Gasteiger partial charge on any atom is 0.161 e. The van der Waals surface area contributed by atoms with Gasteiger partial charge in [0.25, 0.3) is 0 Å². The van der Waals surface area contributed by atoms with Gasteiger partial charge in [0.15, 0.2) is 11.5 Å². The third kappa shape index (κ3) is 4.71. The molecular weight excluding hydrogens is 250 g/mol. The highest BCUT2D eigenvalue weighted by Gasteiger charge is 2.14. The second kappa shape index (κ2) is 8.85. The topological polar surface area (TPSA) is 30.5 Å². The van der Waals surface area contributed by atoms with Gasteiger partial charge >= 0.3 is 0 Å². The van der Waals surface area contributed by atoms with Crippen LogP contribution in [0.25, 0.3) is 0 Å². The summed E-state index contributed by atoms with van der Waals surface area (Å²) in [6.45, 7) is 6.71. The molecule has 114 valence electrons. The Morgan fingerprint density at radius 2 is 1.80 bits per heavy atom. The van der Waals surface area contributed by atoms with Crippen LogP contribution < -0.4 is 14.8 Å². The zero-order valence-electron chi connectivity index (χ0n) is 13.5. The first kappa shape index (κ1) is 16.8. The number of hydrogen-bond acceptors (Lipinski definition) is 3. The van der Waals surface area contributed by atoms with Gasteiger partial charge in [0, 0.05) is 12.1 Å². The second-order valence-corrected chi connectivity index (χ2v) is 5.29. The van der Waals surface area contributed by atoms with E-state index < -0.39 is 0 Å². The molecule has 0 saturated carbocycles. The summed E-state index contributed by atoms with van der Waals surface area (Å²) in [5, 5.41) is 3.71. The van der Waals surface area contributed by atoms with Gasteiger partial charge < -0.3 is 14.8 Å². The van der Waals surface area contributed by atoms with E-state index in [9.17, 15) is 0 Å². The monoisotopic (exact) mass is 279 g/mol. The Bertz CT molecular complexity index is 393. The lowest BCUT2D eigenvalue weighted by molar-refractivity contribution is 0.352. The summed E-state index contributed by atoms with van der Waals surface area (Å²) >= 11 is 0. The average Bonchev–Trinajstić information content (AvgIpc) is 2.49. The summed E-state index contributed by atoms with van der Waals surface area (Å²) in [5.74, 6) is 1.58. The van der Waals surface area contributed by atoms with Gasteiger partial charge in [-0.05, 0) is 37.5 Å². The van der Waals surface area contributed by atoms with Crippen LogP contribution in [0.5, 0.6) is 11.5 Å². The van der Waals surface area contributed by atoms with Gasteiger partial charge in [0.2, 0.25) is 0 Å². The summed E-state index contributed by atoms with van der Waals surface area (Å²) in [6, 6.07) is 7.08. The number of hydrogen-bond donors (Lipinski definition) is 1. The van der Waals surface area contributed by atoms with Crippen LogP contribution in [0.3, 0.4) is 0 Å². The highest BCUT2D eigenvalue weighted by atomic mass is 16.5. The molecular formula is C17H29NO2. The molecule has 1 aromatic rings. The third-order valence-electron chi connectivity index (χ3n) is 3.69. The van der Waals surface area contributed by atoms with Gasteiger partial charge in [-0.1, -0.05) is 32.8 Å². The summed E-state index contributed by atoms with van der Waals surface area (Å²) in [6.07, 6.45) is 4.81. The Morgan fingerprint density at radius 1 is 1.10 bits per heavy atom. The van der Waals surface area contributed by atoms with Crippen LogP contribution >= 0.6 is 0 Å². The van der Waals surface area contributed by atoms with Gasteiger partial charge in [-0.25, -0.2) is 0 Å². The molecule has 1 N–H and O–H groups in total. The Balaban J connectivity index is 2.78. The third-order valence-corrected chi connectivity index (χ3v) is 3.69. The molecule has 0 radical (unpaired) electrons. The van der Waals surface area contributed by atoms with Crippen LogP contribution in [-0.4, -0.2) is 20.3 Å². The number of benzene rings is 1. The van der Waals surface area contributed by atoms with Crippen molar-refractivity contribution >= 4 is 0 Å². The summed E-state index contributed by atoms with van der Waals surface area (Å²) in [4.78, 5) is 0. The lowest BCUT2D eigenvalue weighted by atomic mass is 10.0. The number of unbranched alkanes of at least 4 members (excludes halogenated alkanes) is 1. The molecule has 0 heterocycles. The maximum atomic E-state index is 5.39. The normalized spacial score (nSPS) is 13.8. The Hall–Kier alpha value is -1.22. The molecule has 0 aliphatic heterocycles. The molecule has 0 spiro atoms. The molecule has 0 saturated heterocycles. The molecule has 2 unspecified atom stereocenters. The second-order valence-electron chi connectivity index (χ2n) is 5.29. The predicted molar refractivity (Wildman–Crippen MR) is 84.7 cm³/mol. The van der Waals surface area contributed by atoms with Crippen LogP contribution in [0, 0.1) is 0 Å². The van der Waals surface area contributed by atoms with Crippen molar-refractivity contribution in [1.82, 2.24) is 5.32 Å². The van der Waals surface area contributed by atoms with E-state index >= 15 is 0 Å². The predicted octanol–water partition coefficient (Wildman–Crippen LogP) is 4.32. The van der Waals surface area contributed by atoms with Crippen molar-refractivity contribution in [1.29, 1.82) is 0 Å². The van der Waals surface area contributed by atoms with E-state index in [1.165, 1.54) is 24.8 Å². The van der Waals surface area contributed by atoms with E-state index in [1.54, 1.807) is 14.2 Å². The highest BCUT2D eigenvalue weighted by Crippen LogP contribution is 2.31. The van der Waals surface area contributed by atoms with Crippen LogP contribution in [0.15, 0.2) is 18.2 Å². The van der Waals surface area contributed by atoms with Crippen LogP contribution in [0.1, 0.15) is 58.1 Å². The minimum atomic E-state index is 0.363. The zero-order chi connectivity index (χ0) is 15.0. The quantitative estimate of drug-likeness (QED) is 0.730. The van der Waals surface area contributed by atoms with Crippen molar-refractivity contribution in [3.05, 3.63) is 23.8 Å². The van der Waals surface area contributed by atoms with Crippen molar-refractivity contribution in [2.45, 2.75) is 58.5 Å². The first-order chi connectivity index (χ1) is 9.65. The molecule has 3 heteroatoms. The zero-order valence-corrected chi connectivity index (χ0v) is 13.5. The maximum absolute atomic E-state index is 5.39. The van der Waals surface area contributed by atoms with E-state index in [1.807, 2.05) is 6.07 Å². The largest absolute Gasteiger partial charge is 0.493 e. The number of methoxy groups -OCH3 is 2. The number of ether oxygens (including phenoxy) is 2. The van der Waals surface area contributed by atoms with Gasteiger partial charge in [-0.2, -0.15) is 0 Å². The Kier molecular flexibility index (Phi) is 7.45. The van der Waals surface area contributed by atoms with Gasteiger partial charge in [-0.15, -0.1) is 0 Å². The minimum Gasteiger partial charge on any atom is -0.493 e. The minimum absolute atomic E-state index is 0.363. The molecule has 0 aliphatic rings. The molecule has 0 bridgehead atoms. The van der Waals surface area contributed by atoms with Crippen molar-refractivity contribution in [2.24, 2.45) is 0 Å². The van der Waals surface area contributed by atoms with E-state index in [0.29, 0.717) is 12.1 Å². The SMILES string of the molecule is CCCCC(C)NC(CC)c1ccc(OC)c(OC)c1. The van der Waals surface area contributed by atoms with E-state index in [-0.39, 0.29) is 0 Å². The summed E-state index contributed by atoms with van der Waals surface area (Å²) < 4.78 is 10.7. The van der Waals surface area contributed by atoms with E-state index in [2.05, 4.69) is 38.2 Å².